The molecule has 0 N–H and O–H groups in total. The quantitative estimate of drug-likeness (QED) is 0.268. The standard InChI is InChI=1S/C6H6O3/c1-2-4-3-5(7)9-6(4)8/h2H,3H2,1H3/b4-2-. The van der Waals surface area contributed by atoms with Crippen LogP contribution in [0.3, 0.4) is 0 Å². The summed E-state index contributed by atoms with van der Waals surface area (Å²) in [7, 11) is 0. The van der Waals surface area contributed by atoms with Gasteiger partial charge in [0.25, 0.3) is 0 Å². The third-order valence-electron chi connectivity index (χ3n) is 1.15. The Bertz CT molecular complexity index is 190. The first-order valence-electron chi connectivity index (χ1n) is 2.64. The average Bonchev–Trinajstić information content (AvgIpc) is 2.10. The third kappa shape index (κ3) is 0.988. The second-order valence-corrected chi connectivity index (χ2v) is 1.75. The van der Waals surface area contributed by atoms with Crippen LogP contribution in [0.5, 0.6) is 0 Å². The number of carbonyl (C=O) groups excluding carboxylic acids is 2. The second-order valence-electron chi connectivity index (χ2n) is 1.75. The highest BCUT2D eigenvalue weighted by molar-refractivity contribution is 6.05. The molecule has 1 saturated heterocycles. The maximum atomic E-state index is 10.5. The van der Waals surface area contributed by atoms with E-state index in [1.807, 2.05) is 0 Å². The van der Waals surface area contributed by atoms with Gasteiger partial charge in [-0.05, 0) is 6.92 Å². The van der Waals surface area contributed by atoms with Crippen LogP contribution in [0.2, 0.25) is 0 Å². The van der Waals surface area contributed by atoms with Crippen LogP contribution in [0.25, 0.3) is 0 Å². The van der Waals surface area contributed by atoms with E-state index < -0.39 is 11.9 Å². The van der Waals surface area contributed by atoms with Crippen molar-refractivity contribution in [3.63, 3.8) is 0 Å². The van der Waals surface area contributed by atoms with E-state index >= 15 is 0 Å². The maximum Gasteiger partial charge on any atom is 0.341 e. The Balaban J connectivity index is 2.81. The van der Waals surface area contributed by atoms with Gasteiger partial charge in [0, 0.05) is 5.57 Å². The van der Waals surface area contributed by atoms with Gasteiger partial charge >= 0.3 is 11.9 Å². The fourth-order valence-electron chi connectivity index (χ4n) is 0.653. The van der Waals surface area contributed by atoms with E-state index in [0.717, 1.165) is 0 Å². The largest absolute Gasteiger partial charge is 0.389 e. The average molecular weight is 126 g/mol. The number of allylic oxidation sites excluding steroid dienone is 1. The number of hydrogen-bond acceptors (Lipinski definition) is 3. The zero-order chi connectivity index (χ0) is 6.85. The summed E-state index contributed by atoms with van der Waals surface area (Å²) in [6.07, 6.45) is 1.72. The molecular formula is C6H6O3. The Morgan fingerprint density at radius 2 is 2.22 bits per heavy atom. The van der Waals surface area contributed by atoms with Crippen LogP contribution in [0.4, 0.5) is 0 Å². The lowest BCUT2D eigenvalue weighted by atomic mass is 10.2. The normalized spacial score (nSPS) is 23.0. The van der Waals surface area contributed by atoms with Crippen LogP contribution in [0.15, 0.2) is 11.6 Å². The Labute approximate surface area is 52.3 Å². The summed E-state index contributed by atoms with van der Waals surface area (Å²) in [5.74, 6) is -0.949. The maximum absolute atomic E-state index is 10.5. The Hall–Kier alpha value is -1.12. The molecule has 0 spiro atoms. The van der Waals surface area contributed by atoms with E-state index in [-0.39, 0.29) is 6.42 Å². The van der Waals surface area contributed by atoms with Gasteiger partial charge in [0.1, 0.15) is 0 Å². The topological polar surface area (TPSA) is 43.4 Å². The van der Waals surface area contributed by atoms with E-state index in [1.54, 1.807) is 13.0 Å². The third-order valence-corrected chi connectivity index (χ3v) is 1.15. The molecule has 0 aromatic rings. The first-order valence-corrected chi connectivity index (χ1v) is 2.64. The molecule has 0 unspecified atom stereocenters. The molecule has 0 aliphatic carbocycles. The molecule has 0 aromatic carbocycles. The molecule has 1 heterocycles. The molecule has 0 bridgehead atoms. The molecule has 48 valence electrons. The Kier molecular flexibility index (Phi) is 1.34. The van der Waals surface area contributed by atoms with Crippen molar-refractivity contribution >= 4 is 11.9 Å². The lowest BCUT2D eigenvalue weighted by Gasteiger charge is -1.82. The molecule has 0 atom stereocenters. The van der Waals surface area contributed by atoms with Gasteiger partial charge in [-0.15, -0.1) is 0 Å². The molecule has 0 aromatic heterocycles. The number of cyclic esters (lactones) is 2. The summed E-state index contributed by atoms with van der Waals surface area (Å²) in [5.41, 5.74) is 0.458. The van der Waals surface area contributed by atoms with Gasteiger partial charge in [-0.1, -0.05) is 6.08 Å². The van der Waals surface area contributed by atoms with Crippen molar-refractivity contribution < 1.29 is 14.3 Å². The molecule has 0 saturated carbocycles. The minimum atomic E-state index is -0.498. The molecule has 9 heavy (non-hydrogen) atoms. The van der Waals surface area contributed by atoms with Gasteiger partial charge in [0.05, 0.1) is 6.42 Å². The van der Waals surface area contributed by atoms with E-state index in [2.05, 4.69) is 4.74 Å². The summed E-state index contributed by atoms with van der Waals surface area (Å²) in [4.78, 5) is 20.8. The van der Waals surface area contributed by atoms with Crippen LogP contribution >= 0.6 is 0 Å². The minimum absolute atomic E-state index is 0.134. The van der Waals surface area contributed by atoms with Crippen LogP contribution < -0.4 is 0 Å². The van der Waals surface area contributed by atoms with Crippen molar-refractivity contribution in [3.05, 3.63) is 11.6 Å². The van der Waals surface area contributed by atoms with Crippen LogP contribution in [0, 0.1) is 0 Å². The fraction of sp³-hybridized carbons (Fsp3) is 0.333. The van der Waals surface area contributed by atoms with Gasteiger partial charge < -0.3 is 4.74 Å². The van der Waals surface area contributed by atoms with Crippen molar-refractivity contribution in [3.8, 4) is 0 Å². The predicted octanol–water partition coefficient (Wildman–Crippen LogP) is 0.406. The molecule has 1 aliphatic heterocycles. The Morgan fingerprint density at radius 3 is 2.44 bits per heavy atom. The van der Waals surface area contributed by atoms with Crippen molar-refractivity contribution in [1.29, 1.82) is 0 Å². The van der Waals surface area contributed by atoms with Gasteiger partial charge in [-0.3, -0.25) is 4.79 Å². The Morgan fingerprint density at radius 1 is 1.56 bits per heavy atom. The zero-order valence-corrected chi connectivity index (χ0v) is 5.01. The van der Waals surface area contributed by atoms with Gasteiger partial charge in [0.2, 0.25) is 0 Å². The zero-order valence-electron chi connectivity index (χ0n) is 5.01. The lowest BCUT2D eigenvalue weighted by molar-refractivity contribution is -0.151. The predicted molar refractivity (Wildman–Crippen MR) is 29.5 cm³/mol. The first kappa shape index (κ1) is 6.01. The summed E-state index contributed by atoms with van der Waals surface area (Å²) in [6.45, 7) is 1.70. The highest BCUT2D eigenvalue weighted by Gasteiger charge is 2.25. The minimum Gasteiger partial charge on any atom is -0.389 e. The number of carbonyl (C=O) groups is 2. The number of esters is 2. The second kappa shape index (κ2) is 2.01. The van der Waals surface area contributed by atoms with Crippen molar-refractivity contribution in [2.75, 3.05) is 0 Å². The van der Waals surface area contributed by atoms with Gasteiger partial charge in [0.15, 0.2) is 0 Å². The summed E-state index contributed by atoms with van der Waals surface area (Å²) >= 11 is 0. The molecule has 1 rings (SSSR count). The molecular weight excluding hydrogens is 120 g/mol. The molecule has 1 fully saturated rings. The van der Waals surface area contributed by atoms with Crippen molar-refractivity contribution in [2.24, 2.45) is 0 Å². The monoisotopic (exact) mass is 126 g/mol. The summed E-state index contributed by atoms with van der Waals surface area (Å²) in [5, 5.41) is 0. The van der Waals surface area contributed by atoms with E-state index in [0.29, 0.717) is 5.57 Å². The van der Waals surface area contributed by atoms with E-state index in [4.69, 9.17) is 0 Å². The highest BCUT2D eigenvalue weighted by atomic mass is 16.6. The van der Waals surface area contributed by atoms with Gasteiger partial charge in [-0.2, -0.15) is 0 Å². The summed E-state index contributed by atoms with van der Waals surface area (Å²) < 4.78 is 4.22. The van der Waals surface area contributed by atoms with E-state index in [1.165, 1.54) is 0 Å². The number of ether oxygens (including phenoxy) is 1. The van der Waals surface area contributed by atoms with E-state index in [9.17, 15) is 9.59 Å². The highest BCUT2D eigenvalue weighted by Crippen LogP contribution is 2.13. The number of hydrogen-bond donors (Lipinski definition) is 0. The van der Waals surface area contributed by atoms with Crippen LogP contribution in [0.1, 0.15) is 13.3 Å². The fourth-order valence-corrected chi connectivity index (χ4v) is 0.653. The summed E-state index contributed by atoms with van der Waals surface area (Å²) in [6, 6.07) is 0. The first-order chi connectivity index (χ1) is 4.24. The molecule has 0 amide bonds. The SMILES string of the molecule is C/C=C1/CC(=O)OC1=O. The molecule has 3 nitrogen and oxygen atoms in total. The van der Waals surface area contributed by atoms with Gasteiger partial charge in [-0.25, -0.2) is 4.79 Å². The van der Waals surface area contributed by atoms with Crippen molar-refractivity contribution in [1.82, 2.24) is 0 Å². The number of rotatable bonds is 0. The molecule has 0 radical (unpaired) electrons. The van der Waals surface area contributed by atoms with Crippen molar-refractivity contribution in [2.45, 2.75) is 13.3 Å². The molecule has 3 heteroatoms. The lowest BCUT2D eigenvalue weighted by Crippen LogP contribution is -1.96. The molecule has 1 aliphatic rings. The van der Waals surface area contributed by atoms with Crippen LogP contribution in [-0.4, -0.2) is 11.9 Å². The van der Waals surface area contributed by atoms with Crippen LogP contribution in [-0.2, 0) is 14.3 Å². The smallest absolute Gasteiger partial charge is 0.341 e.